The number of benzene rings is 2. The van der Waals surface area contributed by atoms with Gasteiger partial charge >= 0.3 is 6.09 Å². The summed E-state index contributed by atoms with van der Waals surface area (Å²) in [6.45, 7) is 3.65. The number of nitriles is 1. The highest BCUT2D eigenvalue weighted by Crippen LogP contribution is 2.31. The van der Waals surface area contributed by atoms with Crippen LogP contribution in [0.25, 0.3) is 0 Å². The Hall–Kier alpha value is -3.07. The fourth-order valence-corrected chi connectivity index (χ4v) is 1.89. The molecule has 2 aromatic rings. The zero-order valence-electron chi connectivity index (χ0n) is 12.7. The zero-order chi connectivity index (χ0) is 16.8. The van der Waals surface area contributed by atoms with E-state index in [0.29, 0.717) is 5.75 Å². The van der Waals surface area contributed by atoms with Crippen LogP contribution in [0.1, 0.15) is 18.1 Å². The van der Waals surface area contributed by atoms with Crippen LogP contribution >= 0.6 is 0 Å². The van der Waals surface area contributed by atoms with Crippen LogP contribution in [-0.2, 0) is 4.74 Å². The van der Waals surface area contributed by atoms with Crippen molar-refractivity contribution in [2.75, 3.05) is 11.9 Å². The molecular weight excluding hydrogens is 299 g/mol. The highest BCUT2D eigenvalue weighted by molar-refractivity contribution is 5.85. The standard InChI is InChI=1S/C17H15FN2O3/c1-3-22-17(21)20-14-9-16(12(10-19)8-13(14)18)23-15-7-5-4-6-11(15)2/h4-9H,3H2,1-2H3,(H,20,21). The van der Waals surface area contributed by atoms with Crippen LogP contribution < -0.4 is 10.1 Å². The highest BCUT2D eigenvalue weighted by Gasteiger charge is 2.15. The van der Waals surface area contributed by atoms with Gasteiger partial charge in [-0.3, -0.25) is 5.32 Å². The smallest absolute Gasteiger partial charge is 0.411 e. The Morgan fingerprint density at radius 1 is 1.30 bits per heavy atom. The van der Waals surface area contributed by atoms with Crippen LogP contribution in [0.15, 0.2) is 36.4 Å². The first-order valence-electron chi connectivity index (χ1n) is 6.96. The summed E-state index contributed by atoms with van der Waals surface area (Å²) >= 11 is 0. The summed E-state index contributed by atoms with van der Waals surface area (Å²) in [6.07, 6.45) is -0.780. The molecule has 0 aromatic heterocycles. The Balaban J connectivity index is 2.36. The SMILES string of the molecule is CCOC(=O)Nc1cc(Oc2ccccc2C)c(C#N)cc1F. The number of carbonyl (C=O) groups is 1. The van der Waals surface area contributed by atoms with E-state index in [1.54, 1.807) is 19.1 Å². The van der Waals surface area contributed by atoms with E-state index >= 15 is 0 Å². The maximum atomic E-state index is 14.0. The third-order valence-corrected chi connectivity index (χ3v) is 3.02. The number of amides is 1. The van der Waals surface area contributed by atoms with Gasteiger partial charge < -0.3 is 9.47 Å². The number of nitrogens with one attached hydrogen (secondary N) is 1. The molecule has 0 spiro atoms. The monoisotopic (exact) mass is 314 g/mol. The van der Waals surface area contributed by atoms with Gasteiger partial charge in [0.15, 0.2) is 0 Å². The number of nitrogens with zero attached hydrogens (tertiary/aromatic N) is 1. The topological polar surface area (TPSA) is 71.3 Å². The predicted octanol–water partition coefficient (Wildman–Crippen LogP) is 4.37. The van der Waals surface area contributed by atoms with Crippen molar-refractivity contribution in [1.29, 1.82) is 5.26 Å². The first kappa shape index (κ1) is 16.3. The molecule has 0 saturated heterocycles. The summed E-state index contributed by atoms with van der Waals surface area (Å²) in [6, 6.07) is 11.4. The van der Waals surface area contributed by atoms with Crippen molar-refractivity contribution in [3.05, 3.63) is 53.3 Å². The van der Waals surface area contributed by atoms with Gasteiger partial charge in [0.2, 0.25) is 0 Å². The predicted molar refractivity (Wildman–Crippen MR) is 83.0 cm³/mol. The molecule has 0 heterocycles. The molecule has 0 unspecified atom stereocenters. The second-order valence-corrected chi connectivity index (χ2v) is 4.65. The third kappa shape index (κ3) is 3.98. The van der Waals surface area contributed by atoms with E-state index in [1.165, 1.54) is 6.07 Å². The number of hydrogen-bond acceptors (Lipinski definition) is 4. The van der Waals surface area contributed by atoms with E-state index in [0.717, 1.165) is 11.6 Å². The second-order valence-electron chi connectivity index (χ2n) is 4.65. The van der Waals surface area contributed by atoms with Crippen molar-refractivity contribution in [3.63, 3.8) is 0 Å². The number of halogens is 1. The van der Waals surface area contributed by atoms with Gasteiger partial charge in [0.1, 0.15) is 23.4 Å². The summed E-state index contributed by atoms with van der Waals surface area (Å²) in [7, 11) is 0. The van der Waals surface area contributed by atoms with E-state index < -0.39 is 11.9 Å². The lowest BCUT2D eigenvalue weighted by molar-refractivity contribution is 0.168. The summed E-state index contributed by atoms with van der Waals surface area (Å²) in [5.74, 6) is -0.0561. The first-order valence-corrected chi connectivity index (χ1v) is 6.96. The molecule has 0 saturated carbocycles. The van der Waals surface area contributed by atoms with Crippen molar-refractivity contribution < 1.29 is 18.7 Å². The molecule has 0 fully saturated rings. The Morgan fingerprint density at radius 2 is 2.04 bits per heavy atom. The van der Waals surface area contributed by atoms with Crippen molar-refractivity contribution in [2.45, 2.75) is 13.8 Å². The molecule has 0 aliphatic heterocycles. The van der Waals surface area contributed by atoms with Gasteiger partial charge in [0.25, 0.3) is 0 Å². The number of rotatable bonds is 4. The Kier molecular flexibility index (Phi) is 5.15. The third-order valence-electron chi connectivity index (χ3n) is 3.02. The van der Waals surface area contributed by atoms with Gasteiger partial charge in [-0.05, 0) is 31.5 Å². The van der Waals surface area contributed by atoms with Crippen LogP contribution in [0.4, 0.5) is 14.9 Å². The van der Waals surface area contributed by atoms with Crippen molar-refractivity contribution in [3.8, 4) is 17.6 Å². The summed E-state index contributed by atoms with van der Waals surface area (Å²) in [5.41, 5.74) is 0.770. The van der Waals surface area contributed by atoms with E-state index in [-0.39, 0.29) is 23.6 Å². The number of para-hydroxylation sites is 1. The second kappa shape index (κ2) is 7.27. The van der Waals surface area contributed by atoms with Crippen molar-refractivity contribution in [1.82, 2.24) is 0 Å². The molecule has 0 aliphatic carbocycles. The number of ether oxygens (including phenoxy) is 2. The molecule has 0 aliphatic rings. The first-order chi connectivity index (χ1) is 11.0. The Labute approximate surface area is 133 Å². The molecule has 1 amide bonds. The van der Waals surface area contributed by atoms with Gasteiger partial charge in [0, 0.05) is 6.07 Å². The minimum Gasteiger partial charge on any atom is -0.456 e. The van der Waals surface area contributed by atoms with Crippen molar-refractivity contribution in [2.24, 2.45) is 0 Å². The molecule has 2 aromatic carbocycles. The zero-order valence-corrected chi connectivity index (χ0v) is 12.7. The van der Waals surface area contributed by atoms with Gasteiger partial charge in [0.05, 0.1) is 17.9 Å². The molecule has 2 rings (SSSR count). The molecule has 5 nitrogen and oxygen atoms in total. The lowest BCUT2D eigenvalue weighted by Crippen LogP contribution is -2.14. The lowest BCUT2D eigenvalue weighted by Gasteiger charge is -2.12. The maximum Gasteiger partial charge on any atom is 0.411 e. The average molecular weight is 314 g/mol. The van der Waals surface area contributed by atoms with Crippen LogP contribution in [0, 0.1) is 24.1 Å². The van der Waals surface area contributed by atoms with Crippen molar-refractivity contribution >= 4 is 11.8 Å². The molecule has 23 heavy (non-hydrogen) atoms. The van der Waals surface area contributed by atoms with E-state index in [4.69, 9.17) is 14.7 Å². The van der Waals surface area contributed by atoms with Gasteiger partial charge in [-0.2, -0.15) is 5.26 Å². The van der Waals surface area contributed by atoms with Gasteiger partial charge in [-0.15, -0.1) is 0 Å². The van der Waals surface area contributed by atoms with Gasteiger partial charge in [-0.1, -0.05) is 18.2 Å². The quantitative estimate of drug-likeness (QED) is 0.909. The van der Waals surface area contributed by atoms with Gasteiger partial charge in [-0.25, -0.2) is 9.18 Å². The number of aryl methyl sites for hydroxylation is 1. The molecule has 6 heteroatoms. The Bertz CT molecular complexity index is 769. The summed E-state index contributed by atoms with van der Waals surface area (Å²) in [4.78, 5) is 11.4. The number of carbonyl (C=O) groups excluding carboxylic acids is 1. The molecule has 1 N–H and O–H groups in total. The van der Waals surface area contributed by atoms with E-state index in [1.807, 2.05) is 25.1 Å². The fourth-order valence-electron chi connectivity index (χ4n) is 1.89. The fraction of sp³-hybridized carbons (Fsp3) is 0.176. The minimum absolute atomic E-state index is 0.0279. The largest absolute Gasteiger partial charge is 0.456 e. The molecule has 118 valence electrons. The molecular formula is C17H15FN2O3. The van der Waals surface area contributed by atoms with Crippen LogP contribution in [-0.4, -0.2) is 12.7 Å². The average Bonchev–Trinajstić information content (AvgIpc) is 2.52. The molecule has 0 bridgehead atoms. The number of anilines is 1. The summed E-state index contributed by atoms with van der Waals surface area (Å²) < 4.78 is 24.4. The maximum absolute atomic E-state index is 14.0. The Morgan fingerprint density at radius 3 is 2.70 bits per heavy atom. The van der Waals surface area contributed by atoms with Crippen LogP contribution in [0.2, 0.25) is 0 Å². The van der Waals surface area contributed by atoms with E-state index in [2.05, 4.69) is 5.32 Å². The normalized spacial score (nSPS) is 9.83. The molecule has 0 radical (unpaired) electrons. The minimum atomic E-state index is -0.780. The van der Waals surface area contributed by atoms with Crippen LogP contribution in [0.3, 0.4) is 0 Å². The number of hydrogen-bond donors (Lipinski definition) is 1. The van der Waals surface area contributed by atoms with Crippen LogP contribution in [0.5, 0.6) is 11.5 Å². The van der Waals surface area contributed by atoms with E-state index in [9.17, 15) is 9.18 Å². The highest BCUT2D eigenvalue weighted by atomic mass is 19.1. The molecule has 0 atom stereocenters. The lowest BCUT2D eigenvalue weighted by atomic mass is 10.1. The summed E-state index contributed by atoms with van der Waals surface area (Å²) in [5, 5.41) is 11.4.